The number of ether oxygens (including phenoxy) is 1. The quantitative estimate of drug-likeness (QED) is 0.708. The normalized spacial score (nSPS) is 20.1. The molecule has 1 atom stereocenters. The van der Waals surface area contributed by atoms with Crippen molar-refractivity contribution in [3.8, 4) is 5.75 Å². The van der Waals surface area contributed by atoms with E-state index in [2.05, 4.69) is 44.1 Å². The van der Waals surface area contributed by atoms with Crippen molar-refractivity contribution in [2.24, 2.45) is 0 Å². The molecule has 1 aliphatic rings. The van der Waals surface area contributed by atoms with E-state index in [0.29, 0.717) is 0 Å². The van der Waals surface area contributed by atoms with Crippen LogP contribution in [0.25, 0.3) is 0 Å². The average molecular weight is 206 g/mol. The number of nitrogens with zero attached hydrogens (tertiary/aromatic N) is 1. The second-order valence-electron chi connectivity index (χ2n) is 5.13. The molecule has 2 heterocycles. The van der Waals surface area contributed by atoms with E-state index in [4.69, 9.17) is 4.74 Å². The van der Waals surface area contributed by atoms with Crippen LogP contribution in [0.1, 0.15) is 33.3 Å². The molecule has 0 radical (unpaired) electrons. The lowest BCUT2D eigenvalue weighted by atomic mass is 9.88. The zero-order valence-electron chi connectivity index (χ0n) is 9.79. The number of anilines is 1. The van der Waals surface area contributed by atoms with E-state index < -0.39 is 0 Å². The van der Waals surface area contributed by atoms with Gasteiger partial charge in [-0.1, -0.05) is 20.8 Å². The van der Waals surface area contributed by atoms with Gasteiger partial charge in [-0.05, 0) is 24.0 Å². The highest BCUT2D eigenvalue weighted by Gasteiger charge is 2.20. The molecule has 0 saturated carbocycles. The van der Waals surface area contributed by atoms with Crippen molar-refractivity contribution in [2.75, 3.05) is 11.9 Å². The van der Waals surface area contributed by atoms with Crippen LogP contribution in [0.15, 0.2) is 12.3 Å². The van der Waals surface area contributed by atoms with Crippen LogP contribution in [0.3, 0.4) is 0 Å². The van der Waals surface area contributed by atoms with E-state index in [-0.39, 0.29) is 11.5 Å². The summed E-state index contributed by atoms with van der Waals surface area (Å²) >= 11 is 0. The minimum Gasteiger partial charge on any atom is -0.485 e. The number of fused-ring (bicyclic) bond motifs is 1. The van der Waals surface area contributed by atoms with E-state index in [1.807, 2.05) is 6.20 Å². The Balaban J connectivity index is 2.37. The molecule has 3 nitrogen and oxygen atoms in total. The molecule has 1 aliphatic heterocycles. The van der Waals surface area contributed by atoms with E-state index in [1.165, 1.54) is 5.56 Å². The molecule has 15 heavy (non-hydrogen) atoms. The molecule has 0 amide bonds. The zero-order chi connectivity index (χ0) is 11.1. The predicted octanol–water partition coefficient (Wildman–Crippen LogP) is 2.57. The fourth-order valence-electron chi connectivity index (χ4n) is 1.58. The first-order valence-corrected chi connectivity index (χ1v) is 5.38. The highest BCUT2D eigenvalue weighted by Crippen LogP contribution is 2.31. The molecule has 0 fully saturated rings. The third kappa shape index (κ3) is 2.06. The van der Waals surface area contributed by atoms with Crippen molar-refractivity contribution < 1.29 is 4.74 Å². The minimum atomic E-state index is 0.117. The summed E-state index contributed by atoms with van der Waals surface area (Å²) in [6, 6.07) is 2.09. The molecule has 82 valence electrons. The summed E-state index contributed by atoms with van der Waals surface area (Å²) in [4.78, 5) is 4.38. The van der Waals surface area contributed by atoms with E-state index in [0.717, 1.165) is 18.1 Å². The number of aromatic nitrogens is 1. The summed E-state index contributed by atoms with van der Waals surface area (Å²) in [7, 11) is 0. The number of pyridine rings is 1. The van der Waals surface area contributed by atoms with Crippen LogP contribution in [0, 0.1) is 0 Å². The van der Waals surface area contributed by atoms with Gasteiger partial charge in [0.05, 0.1) is 6.54 Å². The Labute approximate surface area is 90.9 Å². The lowest BCUT2D eigenvalue weighted by molar-refractivity contribution is 0.224. The topological polar surface area (TPSA) is 34.2 Å². The van der Waals surface area contributed by atoms with E-state index in [1.54, 1.807) is 0 Å². The fourth-order valence-corrected chi connectivity index (χ4v) is 1.58. The summed E-state index contributed by atoms with van der Waals surface area (Å²) in [6.07, 6.45) is 2.14. The number of nitrogens with one attached hydrogen (secondary N) is 1. The SMILES string of the molecule is CC1CNc2ncc(C(C)(C)C)cc2O1. The van der Waals surface area contributed by atoms with Crippen molar-refractivity contribution in [1.82, 2.24) is 4.98 Å². The van der Waals surface area contributed by atoms with E-state index in [9.17, 15) is 0 Å². The summed E-state index contributed by atoms with van der Waals surface area (Å²) in [6.45, 7) is 9.41. The van der Waals surface area contributed by atoms with Gasteiger partial charge in [0.25, 0.3) is 0 Å². The fraction of sp³-hybridized carbons (Fsp3) is 0.583. The van der Waals surface area contributed by atoms with Gasteiger partial charge in [0.1, 0.15) is 6.10 Å². The van der Waals surface area contributed by atoms with Crippen molar-refractivity contribution in [3.05, 3.63) is 17.8 Å². The lowest BCUT2D eigenvalue weighted by Crippen LogP contribution is -2.28. The highest BCUT2D eigenvalue weighted by atomic mass is 16.5. The van der Waals surface area contributed by atoms with Crippen LogP contribution >= 0.6 is 0 Å². The van der Waals surface area contributed by atoms with Crippen molar-refractivity contribution in [3.63, 3.8) is 0 Å². The first-order valence-electron chi connectivity index (χ1n) is 5.38. The van der Waals surface area contributed by atoms with E-state index >= 15 is 0 Å². The second kappa shape index (κ2) is 3.40. The molecule has 1 N–H and O–H groups in total. The molecule has 0 spiro atoms. The van der Waals surface area contributed by atoms with Gasteiger partial charge < -0.3 is 10.1 Å². The number of hydrogen-bond acceptors (Lipinski definition) is 3. The monoisotopic (exact) mass is 206 g/mol. The minimum absolute atomic E-state index is 0.117. The molecular formula is C12H18N2O. The molecule has 1 unspecified atom stereocenters. The second-order valence-corrected chi connectivity index (χ2v) is 5.13. The molecule has 0 aliphatic carbocycles. The summed E-state index contributed by atoms with van der Waals surface area (Å²) in [5.41, 5.74) is 1.32. The van der Waals surface area contributed by atoms with Gasteiger partial charge in [0, 0.05) is 6.20 Å². The van der Waals surface area contributed by atoms with Crippen molar-refractivity contribution in [2.45, 2.75) is 39.2 Å². The van der Waals surface area contributed by atoms with Gasteiger partial charge in [0.2, 0.25) is 0 Å². The Morgan fingerprint density at radius 3 is 2.87 bits per heavy atom. The first kappa shape index (κ1) is 10.3. The van der Waals surface area contributed by atoms with Crippen LogP contribution in [-0.2, 0) is 5.41 Å². The van der Waals surface area contributed by atoms with Crippen LogP contribution in [-0.4, -0.2) is 17.6 Å². The molecule has 2 rings (SSSR count). The maximum Gasteiger partial charge on any atom is 0.168 e. The number of rotatable bonds is 0. The summed E-state index contributed by atoms with van der Waals surface area (Å²) in [5, 5.41) is 3.25. The largest absolute Gasteiger partial charge is 0.485 e. The van der Waals surface area contributed by atoms with Gasteiger partial charge in [-0.25, -0.2) is 4.98 Å². The van der Waals surface area contributed by atoms with Gasteiger partial charge in [-0.15, -0.1) is 0 Å². The van der Waals surface area contributed by atoms with Gasteiger partial charge >= 0.3 is 0 Å². The third-order valence-corrected chi connectivity index (χ3v) is 2.60. The Morgan fingerprint density at radius 1 is 1.47 bits per heavy atom. The standard InChI is InChI=1S/C12H18N2O/c1-8-6-13-11-10(15-8)5-9(7-14-11)12(2,3)4/h5,7-8H,6H2,1-4H3,(H,13,14). The molecule has 1 aromatic heterocycles. The summed E-state index contributed by atoms with van der Waals surface area (Å²) < 4.78 is 5.74. The lowest BCUT2D eigenvalue weighted by Gasteiger charge is -2.26. The van der Waals surface area contributed by atoms with Crippen LogP contribution < -0.4 is 10.1 Å². The zero-order valence-corrected chi connectivity index (χ0v) is 9.79. The number of hydrogen-bond donors (Lipinski definition) is 1. The van der Waals surface area contributed by atoms with Crippen LogP contribution in [0.4, 0.5) is 5.82 Å². The third-order valence-electron chi connectivity index (χ3n) is 2.60. The maximum absolute atomic E-state index is 5.74. The Bertz CT molecular complexity index is 368. The van der Waals surface area contributed by atoms with Crippen molar-refractivity contribution >= 4 is 5.82 Å². The van der Waals surface area contributed by atoms with Gasteiger partial charge in [0.15, 0.2) is 11.6 Å². The highest BCUT2D eigenvalue weighted by molar-refractivity contribution is 5.53. The summed E-state index contributed by atoms with van der Waals surface area (Å²) in [5.74, 6) is 1.74. The Morgan fingerprint density at radius 2 is 2.20 bits per heavy atom. The molecule has 3 heteroatoms. The Kier molecular flexibility index (Phi) is 2.33. The first-order chi connectivity index (χ1) is 6.97. The predicted molar refractivity (Wildman–Crippen MR) is 61.5 cm³/mol. The molecule has 1 aromatic rings. The van der Waals surface area contributed by atoms with Gasteiger partial charge in [-0.2, -0.15) is 0 Å². The maximum atomic E-state index is 5.74. The molecular weight excluding hydrogens is 188 g/mol. The van der Waals surface area contributed by atoms with Crippen LogP contribution in [0.5, 0.6) is 5.75 Å². The molecule has 0 saturated heterocycles. The molecule has 0 aromatic carbocycles. The van der Waals surface area contributed by atoms with Crippen molar-refractivity contribution in [1.29, 1.82) is 0 Å². The molecule has 0 bridgehead atoms. The van der Waals surface area contributed by atoms with Crippen LogP contribution in [0.2, 0.25) is 0 Å². The smallest absolute Gasteiger partial charge is 0.168 e. The van der Waals surface area contributed by atoms with Gasteiger partial charge in [-0.3, -0.25) is 0 Å². The average Bonchev–Trinajstić information content (AvgIpc) is 2.15. The Hall–Kier alpha value is -1.25.